The highest BCUT2D eigenvalue weighted by Crippen LogP contribution is 2.35. The van der Waals surface area contributed by atoms with Crippen molar-refractivity contribution in [1.82, 2.24) is 9.88 Å². The van der Waals surface area contributed by atoms with Crippen molar-refractivity contribution in [2.75, 3.05) is 6.54 Å². The molecule has 4 nitrogen and oxygen atoms in total. The molecule has 1 fully saturated rings. The molecule has 1 atom stereocenters. The highest BCUT2D eigenvalue weighted by molar-refractivity contribution is 6.30. The van der Waals surface area contributed by atoms with Gasteiger partial charge < -0.3 is 10.0 Å². The van der Waals surface area contributed by atoms with Crippen molar-refractivity contribution >= 4 is 17.7 Å². The van der Waals surface area contributed by atoms with Gasteiger partial charge in [-0.15, -0.1) is 0 Å². The van der Waals surface area contributed by atoms with Crippen LogP contribution in [0.4, 0.5) is 9.18 Å². The predicted molar refractivity (Wildman–Crippen MR) is 55.9 cm³/mol. The molecule has 1 aromatic rings. The number of nitrogens with zero attached hydrogens (tertiary/aromatic N) is 2. The zero-order valence-corrected chi connectivity index (χ0v) is 9.12. The van der Waals surface area contributed by atoms with Crippen LogP contribution in [0, 0.1) is 5.82 Å². The Kier molecular flexibility index (Phi) is 2.96. The molecule has 1 aromatic heterocycles. The lowest BCUT2D eigenvalue weighted by atomic mass is 10.1. The third-order valence-corrected chi connectivity index (χ3v) is 3.01. The molecular weight excluding hydrogens is 235 g/mol. The molecule has 86 valence electrons. The maximum Gasteiger partial charge on any atom is 0.407 e. The van der Waals surface area contributed by atoms with Crippen LogP contribution in [0.1, 0.15) is 24.4 Å². The summed E-state index contributed by atoms with van der Waals surface area (Å²) in [5.41, 5.74) is 0.446. The number of hydrogen-bond donors (Lipinski definition) is 1. The highest BCUT2D eigenvalue weighted by atomic mass is 35.5. The van der Waals surface area contributed by atoms with Crippen LogP contribution in [-0.2, 0) is 0 Å². The minimum absolute atomic E-state index is 0.166. The van der Waals surface area contributed by atoms with Crippen molar-refractivity contribution in [2.45, 2.75) is 18.9 Å². The third-order valence-electron chi connectivity index (χ3n) is 2.69. The second-order valence-corrected chi connectivity index (χ2v) is 4.03. The van der Waals surface area contributed by atoms with Crippen LogP contribution in [0.25, 0.3) is 0 Å². The van der Waals surface area contributed by atoms with Crippen LogP contribution in [0.3, 0.4) is 0 Å². The maximum absolute atomic E-state index is 13.0. The Bertz CT molecular complexity index is 427. The lowest BCUT2D eigenvalue weighted by Crippen LogP contribution is -2.29. The van der Waals surface area contributed by atoms with Gasteiger partial charge in [-0.2, -0.15) is 0 Å². The Morgan fingerprint density at radius 2 is 2.44 bits per heavy atom. The highest BCUT2D eigenvalue weighted by Gasteiger charge is 2.31. The van der Waals surface area contributed by atoms with E-state index in [-0.39, 0.29) is 11.2 Å². The van der Waals surface area contributed by atoms with Crippen LogP contribution < -0.4 is 0 Å². The van der Waals surface area contributed by atoms with Crippen molar-refractivity contribution in [2.24, 2.45) is 0 Å². The molecule has 0 spiro atoms. The van der Waals surface area contributed by atoms with Crippen LogP contribution in [0.2, 0.25) is 5.15 Å². The van der Waals surface area contributed by atoms with Gasteiger partial charge in [-0.05, 0) is 18.9 Å². The SMILES string of the molecule is O=C(O)N1CCCC1c1cc(F)cnc1Cl. The summed E-state index contributed by atoms with van der Waals surface area (Å²) in [5, 5.41) is 9.14. The molecule has 0 saturated carbocycles. The van der Waals surface area contributed by atoms with Crippen LogP contribution in [0.15, 0.2) is 12.3 Å². The molecule has 0 aromatic carbocycles. The topological polar surface area (TPSA) is 53.4 Å². The van der Waals surface area contributed by atoms with E-state index in [0.29, 0.717) is 18.5 Å². The number of rotatable bonds is 1. The first-order valence-electron chi connectivity index (χ1n) is 4.90. The largest absolute Gasteiger partial charge is 0.465 e. The molecule has 0 aliphatic carbocycles. The number of carboxylic acid groups (broad SMARTS) is 1. The van der Waals surface area contributed by atoms with Gasteiger partial charge in [-0.25, -0.2) is 14.2 Å². The number of pyridine rings is 1. The minimum Gasteiger partial charge on any atom is -0.465 e. The predicted octanol–water partition coefficient (Wildman–Crippen LogP) is 2.69. The van der Waals surface area contributed by atoms with E-state index in [1.165, 1.54) is 11.0 Å². The van der Waals surface area contributed by atoms with Crippen molar-refractivity contribution < 1.29 is 14.3 Å². The summed E-state index contributed by atoms with van der Waals surface area (Å²) in [6.45, 7) is 0.451. The number of aromatic nitrogens is 1. The van der Waals surface area contributed by atoms with Gasteiger partial charge >= 0.3 is 6.09 Å². The van der Waals surface area contributed by atoms with E-state index in [0.717, 1.165) is 12.6 Å². The summed E-state index contributed by atoms with van der Waals surface area (Å²) in [6, 6.07) is 0.870. The summed E-state index contributed by atoms with van der Waals surface area (Å²) >= 11 is 5.85. The normalized spacial score (nSPS) is 20.1. The van der Waals surface area contributed by atoms with Crippen LogP contribution in [0.5, 0.6) is 0 Å². The molecule has 0 bridgehead atoms. The second-order valence-electron chi connectivity index (χ2n) is 3.67. The summed E-state index contributed by atoms with van der Waals surface area (Å²) in [5.74, 6) is -0.503. The molecular formula is C10H10ClFN2O2. The quantitative estimate of drug-likeness (QED) is 0.773. The zero-order valence-electron chi connectivity index (χ0n) is 8.36. The van der Waals surface area contributed by atoms with E-state index < -0.39 is 11.9 Å². The Morgan fingerprint density at radius 1 is 1.69 bits per heavy atom. The molecule has 1 aliphatic rings. The van der Waals surface area contributed by atoms with Crippen LogP contribution >= 0.6 is 11.6 Å². The van der Waals surface area contributed by atoms with E-state index >= 15 is 0 Å². The molecule has 1 aliphatic heterocycles. The molecule has 1 amide bonds. The average molecular weight is 245 g/mol. The summed E-state index contributed by atoms with van der Waals surface area (Å²) in [6.07, 6.45) is 1.41. The number of carbonyl (C=O) groups is 1. The fraction of sp³-hybridized carbons (Fsp3) is 0.400. The zero-order chi connectivity index (χ0) is 11.7. The molecule has 6 heteroatoms. The number of likely N-dealkylation sites (tertiary alicyclic amines) is 1. The van der Waals surface area contributed by atoms with Crippen molar-refractivity contribution in [3.05, 3.63) is 28.8 Å². The van der Waals surface area contributed by atoms with Gasteiger partial charge in [0.25, 0.3) is 0 Å². The van der Waals surface area contributed by atoms with Crippen molar-refractivity contribution in [1.29, 1.82) is 0 Å². The standard InChI is InChI=1S/C10H10ClFN2O2/c11-9-7(4-6(12)5-13-9)8-2-1-3-14(8)10(15)16/h4-5,8H,1-3H2,(H,15,16). The lowest BCUT2D eigenvalue weighted by molar-refractivity contribution is 0.140. The third kappa shape index (κ3) is 1.95. The lowest BCUT2D eigenvalue weighted by Gasteiger charge is -2.22. The van der Waals surface area contributed by atoms with Gasteiger partial charge in [0.2, 0.25) is 0 Å². The Morgan fingerprint density at radius 3 is 3.12 bits per heavy atom. The smallest absolute Gasteiger partial charge is 0.407 e. The molecule has 0 radical (unpaired) electrons. The number of hydrogen-bond acceptors (Lipinski definition) is 2. The number of halogens is 2. The average Bonchev–Trinajstić information content (AvgIpc) is 2.70. The van der Waals surface area contributed by atoms with E-state index in [1.807, 2.05) is 0 Å². The summed E-state index contributed by atoms with van der Waals surface area (Å²) in [4.78, 5) is 15.9. The molecule has 1 unspecified atom stereocenters. The van der Waals surface area contributed by atoms with Gasteiger partial charge in [-0.3, -0.25) is 0 Å². The molecule has 2 rings (SSSR count). The summed E-state index contributed by atoms with van der Waals surface area (Å²) in [7, 11) is 0. The van der Waals surface area contributed by atoms with Crippen molar-refractivity contribution in [3.63, 3.8) is 0 Å². The fourth-order valence-electron chi connectivity index (χ4n) is 1.99. The van der Waals surface area contributed by atoms with Crippen LogP contribution in [-0.4, -0.2) is 27.6 Å². The van der Waals surface area contributed by atoms with Crippen molar-refractivity contribution in [3.8, 4) is 0 Å². The second kappa shape index (κ2) is 4.25. The summed E-state index contributed by atoms with van der Waals surface area (Å²) < 4.78 is 13.0. The van der Waals surface area contributed by atoms with E-state index in [4.69, 9.17) is 16.7 Å². The van der Waals surface area contributed by atoms with E-state index in [9.17, 15) is 9.18 Å². The Balaban J connectivity index is 2.35. The van der Waals surface area contributed by atoms with E-state index in [2.05, 4.69) is 4.98 Å². The first-order valence-corrected chi connectivity index (χ1v) is 5.28. The van der Waals surface area contributed by atoms with Gasteiger partial charge in [0.05, 0.1) is 12.2 Å². The monoisotopic (exact) mass is 244 g/mol. The maximum atomic E-state index is 13.0. The minimum atomic E-state index is -1.01. The first-order chi connectivity index (χ1) is 7.59. The molecule has 2 heterocycles. The van der Waals surface area contributed by atoms with Gasteiger partial charge in [0.1, 0.15) is 11.0 Å². The molecule has 1 saturated heterocycles. The number of amides is 1. The van der Waals surface area contributed by atoms with E-state index in [1.54, 1.807) is 0 Å². The Hall–Kier alpha value is -1.36. The molecule has 16 heavy (non-hydrogen) atoms. The van der Waals surface area contributed by atoms with Gasteiger partial charge in [0, 0.05) is 12.1 Å². The molecule has 1 N–H and O–H groups in total. The van der Waals surface area contributed by atoms with Gasteiger partial charge in [0.15, 0.2) is 0 Å². The fourth-order valence-corrected chi connectivity index (χ4v) is 2.22. The Labute approximate surface area is 96.7 Å². The first kappa shape index (κ1) is 11.1. The van der Waals surface area contributed by atoms with Gasteiger partial charge in [-0.1, -0.05) is 11.6 Å².